The van der Waals surface area contributed by atoms with Crippen LogP contribution in [0.25, 0.3) is 10.9 Å². The Morgan fingerprint density at radius 1 is 1.29 bits per heavy atom. The number of aromatic amines is 1. The van der Waals surface area contributed by atoms with Gasteiger partial charge in [0.1, 0.15) is 5.82 Å². The molecule has 3 N–H and O–H groups in total. The van der Waals surface area contributed by atoms with Crippen LogP contribution in [0.4, 0.5) is 4.39 Å². The average molecular weight is 347 g/mol. The standard InChI is InChI=1S/C18H16ClFN2O2/c19-13-4-5-15-12(9-21-16(15)8-13)7-18(24)22-10-17(23)11-2-1-3-14(20)6-11/h1-6,8-9,17,21,23H,7,10H2,(H,22,24)/t17-/m1/s1. The number of carbonyl (C=O) groups excluding carboxylic acids is 1. The van der Waals surface area contributed by atoms with Crippen LogP contribution in [-0.2, 0) is 11.2 Å². The molecule has 0 fully saturated rings. The van der Waals surface area contributed by atoms with Gasteiger partial charge in [-0.1, -0.05) is 29.8 Å². The minimum absolute atomic E-state index is 0.0243. The zero-order valence-electron chi connectivity index (χ0n) is 12.7. The molecule has 0 spiro atoms. The first-order valence-corrected chi connectivity index (χ1v) is 7.86. The molecular formula is C18H16ClFN2O2. The highest BCUT2D eigenvalue weighted by atomic mass is 35.5. The number of fused-ring (bicyclic) bond motifs is 1. The monoisotopic (exact) mass is 346 g/mol. The highest BCUT2D eigenvalue weighted by Gasteiger charge is 2.12. The molecule has 3 aromatic rings. The van der Waals surface area contributed by atoms with Crippen LogP contribution in [0, 0.1) is 5.82 Å². The van der Waals surface area contributed by atoms with E-state index in [1.165, 1.54) is 18.2 Å². The van der Waals surface area contributed by atoms with Gasteiger partial charge in [0.25, 0.3) is 0 Å². The Kier molecular flexibility index (Phi) is 4.83. The van der Waals surface area contributed by atoms with Crippen molar-refractivity contribution in [3.05, 3.63) is 70.6 Å². The van der Waals surface area contributed by atoms with E-state index >= 15 is 0 Å². The number of H-pyrrole nitrogens is 1. The molecule has 0 bridgehead atoms. The van der Waals surface area contributed by atoms with E-state index in [1.54, 1.807) is 24.4 Å². The lowest BCUT2D eigenvalue weighted by Gasteiger charge is -2.12. The summed E-state index contributed by atoms with van der Waals surface area (Å²) in [4.78, 5) is 15.2. The van der Waals surface area contributed by atoms with E-state index < -0.39 is 11.9 Å². The van der Waals surface area contributed by atoms with Crippen LogP contribution in [0.2, 0.25) is 5.02 Å². The van der Waals surface area contributed by atoms with Gasteiger partial charge < -0.3 is 15.4 Å². The van der Waals surface area contributed by atoms with Crippen molar-refractivity contribution in [1.82, 2.24) is 10.3 Å². The van der Waals surface area contributed by atoms with Crippen molar-refractivity contribution < 1.29 is 14.3 Å². The largest absolute Gasteiger partial charge is 0.387 e. The van der Waals surface area contributed by atoms with Crippen LogP contribution in [0.15, 0.2) is 48.7 Å². The van der Waals surface area contributed by atoms with Crippen molar-refractivity contribution in [2.24, 2.45) is 0 Å². The smallest absolute Gasteiger partial charge is 0.224 e. The first kappa shape index (κ1) is 16.5. The molecule has 3 rings (SSSR count). The molecule has 1 heterocycles. The minimum Gasteiger partial charge on any atom is -0.387 e. The number of halogens is 2. The fraction of sp³-hybridized carbons (Fsp3) is 0.167. The Labute approximate surface area is 143 Å². The summed E-state index contributed by atoms with van der Waals surface area (Å²) in [7, 11) is 0. The predicted octanol–water partition coefficient (Wildman–Crippen LogP) is 3.35. The summed E-state index contributed by atoms with van der Waals surface area (Å²) in [5.74, 6) is -0.642. The van der Waals surface area contributed by atoms with Crippen molar-refractivity contribution in [3.63, 3.8) is 0 Å². The van der Waals surface area contributed by atoms with E-state index in [0.29, 0.717) is 10.6 Å². The van der Waals surface area contributed by atoms with Gasteiger partial charge in [-0.3, -0.25) is 4.79 Å². The molecular weight excluding hydrogens is 331 g/mol. The number of aliphatic hydroxyl groups excluding tert-OH is 1. The second-order valence-electron chi connectivity index (χ2n) is 5.56. The van der Waals surface area contributed by atoms with Crippen molar-refractivity contribution in [2.75, 3.05) is 6.54 Å². The summed E-state index contributed by atoms with van der Waals surface area (Å²) in [5, 5.41) is 14.2. The molecule has 0 aliphatic heterocycles. The highest BCUT2D eigenvalue weighted by Crippen LogP contribution is 2.22. The third kappa shape index (κ3) is 3.75. The first-order valence-electron chi connectivity index (χ1n) is 7.48. The molecule has 4 nitrogen and oxygen atoms in total. The van der Waals surface area contributed by atoms with Gasteiger partial charge in [-0.25, -0.2) is 4.39 Å². The highest BCUT2D eigenvalue weighted by molar-refractivity contribution is 6.31. The van der Waals surface area contributed by atoms with Crippen LogP contribution in [0.1, 0.15) is 17.2 Å². The Morgan fingerprint density at radius 2 is 2.12 bits per heavy atom. The number of benzene rings is 2. The van der Waals surface area contributed by atoms with Gasteiger partial charge in [0.15, 0.2) is 0 Å². The molecule has 1 atom stereocenters. The number of nitrogens with one attached hydrogen (secondary N) is 2. The van der Waals surface area contributed by atoms with Crippen molar-refractivity contribution in [1.29, 1.82) is 0 Å². The SMILES string of the molecule is O=C(Cc1c[nH]c2cc(Cl)ccc12)NC[C@@H](O)c1cccc(F)c1. The van der Waals surface area contributed by atoms with E-state index in [2.05, 4.69) is 10.3 Å². The van der Waals surface area contributed by atoms with Crippen molar-refractivity contribution >= 4 is 28.4 Å². The number of aliphatic hydroxyl groups is 1. The predicted molar refractivity (Wildman–Crippen MR) is 91.4 cm³/mol. The Morgan fingerprint density at radius 3 is 2.92 bits per heavy atom. The van der Waals surface area contributed by atoms with Gasteiger partial charge in [0, 0.05) is 28.7 Å². The number of hydrogen-bond donors (Lipinski definition) is 3. The zero-order chi connectivity index (χ0) is 17.1. The summed E-state index contributed by atoms with van der Waals surface area (Å²) in [5.41, 5.74) is 2.14. The maximum Gasteiger partial charge on any atom is 0.224 e. The summed E-state index contributed by atoms with van der Waals surface area (Å²) in [6.07, 6.45) is 0.993. The lowest BCUT2D eigenvalue weighted by molar-refractivity contribution is -0.120. The Bertz CT molecular complexity index is 878. The normalized spacial score (nSPS) is 12.3. The molecule has 0 radical (unpaired) electrons. The van der Waals surface area contributed by atoms with Crippen molar-refractivity contribution in [2.45, 2.75) is 12.5 Å². The van der Waals surface area contributed by atoms with E-state index in [9.17, 15) is 14.3 Å². The number of rotatable bonds is 5. The second-order valence-corrected chi connectivity index (χ2v) is 5.99. The molecule has 1 aromatic heterocycles. The molecule has 24 heavy (non-hydrogen) atoms. The van der Waals surface area contributed by atoms with Gasteiger partial charge >= 0.3 is 0 Å². The molecule has 1 amide bonds. The van der Waals surface area contributed by atoms with E-state index in [4.69, 9.17) is 11.6 Å². The fourth-order valence-corrected chi connectivity index (χ4v) is 2.75. The zero-order valence-corrected chi connectivity index (χ0v) is 13.5. The maximum absolute atomic E-state index is 13.1. The van der Waals surface area contributed by atoms with E-state index in [0.717, 1.165) is 16.5 Å². The maximum atomic E-state index is 13.1. The molecule has 0 unspecified atom stereocenters. The third-order valence-electron chi connectivity index (χ3n) is 3.81. The molecule has 0 saturated carbocycles. The number of aromatic nitrogens is 1. The topological polar surface area (TPSA) is 65.1 Å². The van der Waals surface area contributed by atoms with Crippen LogP contribution < -0.4 is 5.32 Å². The van der Waals surface area contributed by atoms with Gasteiger partial charge in [0.05, 0.1) is 12.5 Å². The average Bonchev–Trinajstić information content (AvgIpc) is 2.94. The number of amides is 1. The second kappa shape index (κ2) is 7.03. The Balaban J connectivity index is 1.61. The fourth-order valence-electron chi connectivity index (χ4n) is 2.58. The first-order chi connectivity index (χ1) is 11.5. The molecule has 124 valence electrons. The summed E-state index contributed by atoms with van der Waals surface area (Å²) < 4.78 is 13.1. The molecule has 0 aliphatic carbocycles. The minimum atomic E-state index is -0.952. The summed E-state index contributed by atoms with van der Waals surface area (Å²) >= 11 is 5.93. The third-order valence-corrected chi connectivity index (χ3v) is 4.04. The van der Waals surface area contributed by atoms with Gasteiger partial charge in [-0.15, -0.1) is 0 Å². The number of hydrogen-bond acceptors (Lipinski definition) is 2. The van der Waals surface area contributed by atoms with Crippen LogP contribution in [0.3, 0.4) is 0 Å². The van der Waals surface area contributed by atoms with Crippen LogP contribution >= 0.6 is 11.6 Å². The molecule has 0 aliphatic rings. The molecule has 2 aromatic carbocycles. The quantitative estimate of drug-likeness (QED) is 0.663. The van der Waals surface area contributed by atoms with Crippen molar-refractivity contribution in [3.8, 4) is 0 Å². The summed E-state index contributed by atoms with van der Waals surface area (Å²) in [6, 6.07) is 11.1. The van der Waals surface area contributed by atoms with Gasteiger partial charge in [0.2, 0.25) is 5.91 Å². The van der Waals surface area contributed by atoms with Gasteiger partial charge in [-0.2, -0.15) is 0 Å². The van der Waals surface area contributed by atoms with E-state index in [1.807, 2.05) is 6.07 Å². The van der Waals surface area contributed by atoms with Crippen LogP contribution in [0.5, 0.6) is 0 Å². The molecule has 6 heteroatoms. The molecule has 0 saturated heterocycles. The Hall–Kier alpha value is -2.37. The summed E-state index contributed by atoms with van der Waals surface area (Å²) in [6.45, 7) is 0.0243. The number of carbonyl (C=O) groups is 1. The van der Waals surface area contributed by atoms with Crippen LogP contribution in [-0.4, -0.2) is 22.5 Å². The lowest BCUT2D eigenvalue weighted by atomic mass is 10.1. The lowest BCUT2D eigenvalue weighted by Crippen LogP contribution is -2.29. The van der Waals surface area contributed by atoms with E-state index in [-0.39, 0.29) is 18.9 Å². The van der Waals surface area contributed by atoms with Gasteiger partial charge in [-0.05, 0) is 35.4 Å².